The van der Waals surface area contributed by atoms with Gasteiger partial charge in [0.25, 0.3) is 0 Å². The molecule has 1 aromatic carbocycles. The summed E-state index contributed by atoms with van der Waals surface area (Å²) in [5, 5.41) is 0.778. The molecule has 0 aliphatic carbocycles. The van der Waals surface area contributed by atoms with Crippen molar-refractivity contribution in [2.45, 2.75) is 19.0 Å². The minimum absolute atomic E-state index is 0.673. The Balaban J connectivity index is 1.57. The van der Waals surface area contributed by atoms with Gasteiger partial charge in [-0.1, -0.05) is 17.7 Å². The van der Waals surface area contributed by atoms with Crippen LogP contribution in [0, 0.1) is 0 Å². The molecule has 2 fully saturated rings. The highest BCUT2D eigenvalue weighted by molar-refractivity contribution is 6.31. The van der Waals surface area contributed by atoms with Crippen LogP contribution in [0.3, 0.4) is 0 Å². The maximum atomic E-state index is 6.26. The maximum Gasteiger partial charge on any atom is 0.0594 e. The lowest BCUT2D eigenvalue weighted by atomic mass is 10.2. The van der Waals surface area contributed by atoms with Crippen LogP contribution in [0.15, 0.2) is 18.2 Å². The number of anilines is 1. The van der Waals surface area contributed by atoms with Gasteiger partial charge in [-0.25, -0.2) is 0 Å². The Kier molecular flexibility index (Phi) is 4.46. The molecule has 110 valence electrons. The van der Waals surface area contributed by atoms with Gasteiger partial charge in [0.2, 0.25) is 0 Å². The number of nitrogens with two attached hydrogens (primary N) is 1. The van der Waals surface area contributed by atoms with Crippen LogP contribution in [-0.2, 0) is 11.3 Å². The zero-order valence-corrected chi connectivity index (χ0v) is 12.5. The van der Waals surface area contributed by atoms with Gasteiger partial charge in [0, 0.05) is 49.5 Å². The molecule has 0 saturated carbocycles. The van der Waals surface area contributed by atoms with Gasteiger partial charge in [-0.2, -0.15) is 0 Å². The zero-order chi connectivity index (χ0) is 13.9. The Morgan fingerprint density at radius 3 is 2.80 bits per heavy atom. The molecule has 1 aromatic rings. The van der Waals surface area contributed by atoms with Crippen molar-refractivity contribution in [1.82, 2.24) is 9.80 Å². The molecule has 20 heavy (non-hydrogen) atoms. The fourth-order valence-electron chi connectivity index (χ4n) is 3.13. The van der Waals surface area contributed by atoms with Crippen LogP contribution in [0.1, 0.15) is 12.0 Å². The van der Waals surface area contributed by atoms with Gasteiger partial charge in [-0.3, -0.25) is 9.80 Å². The van der Waals surface area contributed by atoms with Crippen LogP contribution in [0.2, 0.25) is 5.02 Å². The van der Waals surface area contributed by atoms with Crippen LogP contribution in [0.25, 0.3) is 0 Å². The fraction of sp³-hybridized carbons (Fsp3) is 0.600. The van der Waals surface area contributed by atoms with Crippen molar-refractivity contribution in [3.63, 3.8) is 0 Å². The van der Waals surface area contributed by atoms with Gasteiger partial charge in [-0.15, -0.1) is 0 Å². The number of halogens is 1. The predicted molar refractivity (Wildman–Crippen MR) is 81.9 cm³/mol. The molecule has 3 rings (SSSR count). The number of nitrogen functional groups attached to an aromatic ring is 1. The minimum atomic E-state index is 0.673. The molecule has 1 atom stereocenters. The van der Waals surface area contributed by atoms with Crippen molar-refractivity contribution < 1.29 is 4.74 Å². The monoisotopic (exact) mass is 295 g/mol. The summed E-state index contributed by atoms with van der Waals surface area (Å²) in [4.78, 5) is 5.05. The summed E-state index contributed by atoms with van der Waals surface area (Å²) in [7, 11) is 0. The number of morpholine rings is 1. The SMILES string of the molecule is Nc1ccc(CN2CCC(N3CCOCC3)C2)c(Cl)c1. The average Bonchev–Trinajstić information content (AvgIpc) is 2.92. The molecule has 2 saturated heterocycles. The molecule has 5 heteroatoms. The lowest BCUT2D eigenvalue weighted by molar-refractivity contribution is 0.0184. The summed E-state index contributed by atoms with van der Waals surface area (Å²) < 4.78 is 5.42. The summed E-state index contributed by atoms with van der Waals surface area (Å²) in [5.41, 5.74) is 7.64. The van der Waals surface area contributed by atoms with E-state index in [4.69, 9.17) is 22.1 Å². The summed E-state index contributed by atoms with van der Waals surface area (Å²) in [6, 6.07) is 6.48. The molecule has 1 unspecified atom stereocenters. The highest BCUT2D eigenvalue weighted by atomic mass is 35.5. The van der Waals surface area contributed by atoms with Crippen molar-refractivity contribution in [3.8, 4) is 0 Å². The zero-order valence-electron chi connectivity index (χ0n) is 11.7. The third kappa shape index (κ3) is 3.26. The van der Waals surface area contributed by atoms with E-state index in [1.165, 1.54) is 12.0 Å². The van der Waals surface area contributed by atoms with E-state index < -0.39 is 0 Å². The highest BCUT2D eigenvalue weighted by Gasteiger charge is 2.28. The number of likely N-dealkylation sites (tertiary alicyclic amines) is 1. The van der Waals surface area contributed by atoms with Gasteiger partial charge >= 0.3 is 0 Å². The second-order valence-electron chi connectivity index (χ2n) is 5.68. The van der Waals surface area contributed by atoms with Crippen molar-refractivity contribution >= 4 is 17.3 Å². The molecule has 0 bridgehead atoms. The molecule has 0 radical (unpaired) electrons. The van der Waals surface area contributed by atoms with Crippen LogP contribution in [0.4, 0.5) is 5.69 Å². The fourth-order valence-corrected chi connectivity index (χ4v) is 3.38. The van der Waals surface area contributed by atoms with Gasteiger partial charge < -0.3 is 10.5 Å². The number of benzene rings is 1. The number of ether oxygens (including phenoxy) is 1. The largest absolute Gasteiger partial charge is 0.399 e. The first-order chi connectivity index (χ1) is 9.72. The van der Waals surface area contributed by atoms with E-state index >= 15 is 0 Å². The number of rotatable bonds is 3. The second kappa shape index (κ2) is 6.31. The quantitative estimate of drug-likeness (QED) is 0.864. The lowest BCUT2D eigenvalue weighted by Gasteiger charge is -2.32. The molecule has 0 aromatic heterocycles. The maximum absolute atomic E-state index is 6.26. The predicted octanol–water partition coefficient (Wildman–Crippen LogP) is 1.83. The molecule has 4 nitrogen and oxygen atoms in total. The van der Waals surface area contributed by atoms with E-state index in [9.17, 15) is 0 Å². The molecular weight excluding hydrogens is 274 g/mol. The molecule has 0 amide bonds. The Morgan fingerprint density at radius 1 is 1.25 bits per heavy atom. The number of hydrogen-bond donors (Lipinski definition) is 1. The lowest BCUT2D eigenvalue weighted by Crippen LogP contribution is -2.44. The van der Waals surface area contributed by atoms with Gasteiger partial charge in [0.1, 0.15) is 0 Å². The normalized spacial score (nSPS) is 25.1. The van der Waals surface area contributed by atoms with Gasteiger partial charge in [-0.05, 0) is 24.1 Å². The molecule has 2 N–H and O–H groups in total. The van der Waals surface area contributed by atoms with Crippen molar-refractivity contribution in [1.29, 1.82) is 0 Å². The molecule has 2 aliphatic heterocycles. The Hall–Kier alpha value is -0.810. The molecule has 0 spiro atoms. The smallest absolute Gasteiger partial charge is 0.0594 e. The summed E-state index contributed by atoms with van der Waals surface area (Å²) in [6.45, 7) is 7.08. The summed E-state index contributed by atoms with van der Waals surface area (Å²) in [6.07, 6.45) is 1.24. The van der Waals surface area contributed by atoms with E-state index in [0.29, 0.717) is 6.04 Å². The third-order valence-electron chi connectivity index (χ3n) is 4.28. The van der Waals surface area contributed by atoms with Crippen molar-refractivity contribution in [2.24, 2.45) is 0 Å². The van der Waals surface area contributed by atoms with E-state index in [2.05, 4.69) is 9.80 Å². The van der Waals surface area contributed by atoms with Gasteiger partial charge in [0.15, 0.2) is 0 Å². The Bertz CT molecular complexity index is 462. The highest BCUT2D eigenvalue weighted by Crippen LogP contribution is 2.24. The standard InChI is InChI=1S/C15H22ClN3O/c16-15-9-13(17)2-1-12(15)10-18-4-3-14(11-18)19-5-7-20-8-6-19/h1-2,9,14H,3-8,10-11,17H2. The van der Waals surface area contributed by atoms with E-state index in [1.807, 2.05) is 18.2 Å². The van der Waals surface area contributed by atoms with Crippen molar-refractivity contribution in [2.75, 3.05) is 45.1 Å². The molecule has 2 heterocycles. The van der Waals surface area contributed by atoms with E-state index in [-0.39, 0.29) is 0 Å². The first-order valence-corrected chi connectivity index (χ1v) is 7.68. The van der Waals surface area contributed by atoms with Gasteiger partial charge in [0.05, 0.1) is 13.2 Å². The van der Waals surface area contributed by atoms with Crippen molar-refractivity contribution in [3.05, 3.63) is 28.8 Å². The first kappa shape index (κ1) is 14.1. The second-order valence-corrected chi connectivity index (χ2v) is 6.08. The van der Waals surface area contributed by atoms with E-state index in [1.54, 1.807) is 0 Å². The minimum Gasteiger partial charge on any atom is -0.399 e. The summed E-state index contributed by atoms with van der Waals surface area (Å²) in [5.74, 6) is 0. The van der Waals surface area contributed by atoms with Crippen LogP contribution in [-0.4, -0.2) is 55.2 Å². The molecular formula is C15H22ClN3O. The Labute approximate surface area is 125 Å². The van der Waals surface area contributed by atoms with Crippen LogP contribution in [0.5, 0.6) is 0 Å². The molecule has 2 aliphatic rings. The van der Waals surface area contributed by atoms with Crippen LogP contribution < -0.4 is 5.73 Å². The summed E-state index contributed by atoms with van der Waals surface area (Å²) >= 11 is 6.26. The number of nitrogens with zero attached hydrogens (tertiary/aromatic N) is 2. The average molecular weight is 296 g/mol. The first-order valence-electron chi connectivity index (χ1n) is 7.30. The number of hydrogen-bond acceptors (Lipinski definition) is 4. The Morgan fingerprint density at radius 2 is 2.05 bits per heavy atom. The van der Waals surface area contributed by atoms with Crippen LogP contribution >= 0.6 is 11.6 Å². The topological polar surface area (TPSA) is 41.7 Å². The van der Waals surface area contributed by atoms with E-state index in [0.717, 1.165) is 56.6 Å². The third-order valence-corrected chi connectivity index (χ3v) is 4.63.